The lowest BCUT2D eigenvalue weighted by atomic mass is 9.98. The first-order valence-corrected chi connectivity index (χ1v) is 10.2. The predicted molar refractivity (Wildman–Crippen MR) is 111 cm³/mol. The number of nitrogens with two attached hydrogens (primary N) is 1. The molecule has 0 aliphatic carbocycles. The first kappa shape index (κ1) is 26.5. The number of nitrogen functional groups attached to an aromatic ring is 1. The molecule has 0 radical (unpaired) electrons. The third-order valence-electron chi connectivity index (χ3n) is 4.50. The number of benzene rings is 1. The van der Waals surface area contributed by atoms with E-state index in [1.807, 2.05) is 4.90 Å². The van der Waals surface area contributed by atoms with Crippen molar-refractivity contribution < 1.29 is 46.9 Å². The number of anilines is 1. The molecule has 0 unspecified atom stereocenters. The van der Waals surface area contributed by atoms with Crippen molar-refractivity contribution in [2.24, 2.45) is 11.7 Å². The van der Waals surface area contributed by atoms with Crippen LogP contribution in [-0.2, 0) is 9.59 Å². The minimum absolute atomic E-state index is 0.192. The maximum Gasteiger partial charge on any atom is 0.490 e. The van der Waals surface area contributed by atoms with Gasteiger partial charge < -0.3 is 25.6 Å². The number of carbonyl (C=O) groups is 3. The summed E-state index contributed by atoms with van der Waals surface area (Å²) in [6.07, 6.45) is -2.70. The number of aromatic nitrogens is 1. The van der Waals surface area contributed by atoms with Crippen molar-refractivity contribution in [2.45, 2.75) is 19.0 Å². The molecule has 0 amide bonds. The molecule has 1 aliphatic heterocycles. The van der Waals surface area contributed by atoms with Crippen LogP contribution in [0.4, 0.5) is 22.7 Å². The van der Waals surface area contributed by atoms with Crippen LogP contribution in [0.1, 0.15) is 28.1 Å². The molecule has 0 bridgehead atoms. The molecule has 184 valence electrons. The van der Waals surface area contributed by atoms with E-state index in [4.69, 9.17) is 30.9 Å². The molecule has 5 N–H and O–H groups in total. The summed E-state index contributed by atoms with van der Waals surface area (Å²) < 4.78 is 50.8. The van der Waals surface area contributed by atoms with Crippen LogP contribution >= 0.6 is 11.3 Å². The normalized spacial score (nSPS) is 14.1. The number of piperidine rings is 1. The fourth-order valence-electron chi connectivity index (χ4n) is 2.72. The van der Waals surface area contributed by atoms with Gasteiger partial charge in [0.25, 0.3) is 0 Å². The fraction of sp³-hybridized carbons (Fsp3) is 0.316. The second-order valence-electron chi connectivity index (χ2n) is 6.86. The molecule has 1 aromatic heterocycles. The molecular weight excluding hydrogens is 488 g/mol. The van der Waals surface area contributed by atoms with Gasteiger partial charge in [-0.1, -0.05) is 11.3 Å². The molecule has 2 heterocycles. The summed E-state index contributed by atoms with van der Waals surface area (Å²) in [6.45, 7) is 1.08. The smallest absolute Gasteiger partial charge is 0.481 e. The van der Waals surface area contributed by atoms with Gasteiger partial charge in [-0.2, -0.15) is 13.2 Å². The number of carbonyl (C=O) groups excluding carboxylic acids is 1. The van der Waals surface area contributed by atoms with Crippen molar-refractivity contribution >= 4 is 40.2 Å². The molecule has 2 aromatic rings. The van der Waals surface area contributed by atoms with Crippen LogP contribution in [0.5, 0.6) is 5.75 Å². The number of aliphatic carboxylic acids is 2. The van der Waals surface area contributed by atoms with Gasteiger partial charge in [0.05, 0.1) is 12.1 Å². The third-order valence-corrected chi connectivity index (χ3v) is 5.54. The SMILES string of the molecule is N=C(N)c1ccc(OC(=O)c2cnc(N3CCC(C(=O)O)CC3)s2)c(F)c1.O=C(O)C(F)(F)F. The maximum atomic E-state index is 14.0. The van der Waals surface area contributed by atoms with E-state index in [9.17, 15) is 27.2 Å². The van der Waals surface area contributed by atoms with Crippen molar-refractivity contribution in [3.05, 3.63) is 40.7 Å². The number of thiazole rings is 1. The summed E-state index contributed by atoms with van der Waals surface area (Å²) in [6, 6.07) is 3.65. The van der Waals surface area contributed by atoms with E-state index in [2.05, 4.69) is 4.98 Å². The van der Waals surface area contributed by atoms with Crippen molar-refractivity contribution in [1.29, 1.82) is 5.41 Å². The van der Waals surface area contributed by atoms with Crippen LogP contribution in [-0.4, -0.2) is 58.2 Å². The van der Waals surface area contributed by atoms with Crippen LogP contribution in [0.3, 0.4) is 0 Å². The summed E-state index contributed by atoms with van der Waals surface area (Å²) in [7, 11) is 0. The Balaban J connectivity index is 0.000000509. The van der Waals surface area contributed by atoms with Gasteiger partial charge >= 0.3 is 24.1 Å². The summed E-state index contributed by atoms with van der Waals surface area (Å²) in [5.41, 5.74) is 5.48. The number of amidine groups is 1. The number of nitrogens with zero attached hydrogens (tertiary/aromatic N) is 2. The van der Waals surface area contributed by atoms with Gasteiger partial charge in [0, 0.05) is 18.7 Å². The van der Waals surface area contributed by atoms with Crippen LogP contribution in [0.2, 0.25) is 0 Å². The predicted octanol–water partition coefficient (Wildman–Crippen LogP) is 2.72. The minimum atomic E-state index is -5.08. The number of esters is 1. The lowest BCUT2D eigenvalue weighted by Gasteiger charge is -2.29. The Labute approximate surface area is 193 Å². The number of carboxylic acid groups (broad SMARTS) is 2. The zero-order valence-corrected chi connectivity index (χ0v) is 18.0. The molecular formula is C19H18F4N4O6S. The van der Waals surface area contributed by atoms with E-state index < -0.39 is 29.9 Å². The second-order valence-corrected chi connectivity index (χ2v) is 7.87. The molecule has 0 spiro atoms. The molecule has 1 saturated heterocycles. The van der Waals surface area contributed by atoms with E-state index >= 15 is 0 Å². The van der Waals surface area contributed by atoms with Gasteiger partial charge in [0.1, 0.15) is 10.7 Å². The van der Waals surface area contributed by atoms with Gasteiger partial charge in [-0.15, -0.1) is 0 Å². The van der Waals surface area contributed by atoms with E-state index in [-0.39, 0.29) is 27.9 Å². The first-order valence-electron chi connectivity index (χ1n) is 9.39. The number of carboxylic acids is 2. The van der Waals surface area contributed by atoms with Crippen LogP contribution in [0, 0.1) is 17.1 Å². The number of rotatable bonds is 5. The number of hydrogen-bond acceptors (Lipinski definition) is 8. The van der Waals surface area contributed by atoms with E-state index in [1.165, 1.54) is 18.3 Å². The summed E-state index contributed by atoms with van der Waals surface area (Å²) in [5.74, 6) is -5.99. The monoisotopic (exact) mass is 506 g/mol. The highest BCUT2D eigenvalue weighted by Crippen LogP contribution is 2.28. The molecule has 3 rings (SSSR count). The van der Waals surface area contributed by atoms with Crippen molar-refractivity contribution in [2.75, 3.05) is 18.0 Å². The summed E-state index contributed by atoms with van der Waals surface area (Å²) in [4.78, 5) is 38.5. The number of nitrogens with one attached hydrogen (secondary N) is 1. The molecule has 10 nitrogen and oxygen atoms in total. The van der Waals surface area contributed by atoms with Gasteiger partial charge in [-0.05, 0) is 31.0 Å². The summed E-state index contributed by atoms with van der Waals surface area (Å²) in [5, 5.41) is 24.0. The van der Waals surface area contributed by atoms with Gasteiger partial charge in [-0.25, -0.2) is 19.0 Å². The molecule has 1 aromatic carbocycles. The Morgan fingerprint density at radius 1 is 1.21 bits per heavy atom. The first-order chi connectivity index (χ1) is 15.8. The lowest BCUT2D eigenvalue weighted by Crippen LogP contribution is -2.36. The van der Waals surface area contributed by atoms with Gasteiger partial charge in [0.15, 0.2) is 16.7 Å². The Hall–Kier alpha value is -3.75. The number of halogens is 4. The van der Waals surface area contributed by atoms with Crippen molar-refractivity contribution in [1.82, 2.24) is 4.98 Å². The van der Waals surface area contributed by atoms with E-state index in [0.717, 1.165) is 17.4 Å². The molecule has 1 aliphatic rings. The van der Waals surface area contributed by atoms with E-state index in [1.54, 1.807) is 0 Å². The molecule has 34 heavy (non-hydrogen) atoms. The van der Waals surface area contributed by atoms with Crippen LogP contribution in [0.25, 0.3) is 0 Å². The summed E-state index contributed by atoms with van der Waals surface area (Å²) >= 11 is 1.11. The number of alkyl halides is 3. The standard InChI is InChI=1S/C17H17FN4O4S.C2HF3O2/c18-11-7-10(14(19)20)1-2-12(11)26-16(25)13-8-21-17(27-13)22-5-3-9(4-6-22)15(23)24;3-2(4,5)1(6)7/h1-2,7-9H,3-6H2,(H3,19,20)(H,23,24);(H,6,7). The molecule has 0 atom stereocenters. The van der Waals surface area contributed by atoms with Crippen molar-refractivity contribution in [3.8, 4) is 5.75 Å². The average molecular weight is 506 g/mol. The highest BCUT2D eigenvalue weighted by molar-refractivity contribution is 7.17. The average Bonchev–Trinajstić information content (AvgIpc) is 3.25. The molecule has 15 heteroatoms. The zero-order valence-electron chi connectivity index (χ0n) is 17.1. The Morgan fingerprint density at radius 3 is 2.26 bits per heavy atom. The van der Waals surface area contributed by atoms with E-state index in [0.29, 0.717) is 31.1 Å². The number of hydrogen-bond donors (Lipinski definition) is 4. The van der Waals surface area contributed by atoms with Crippen LogP contribution in [0.15, 0.2) is 24.4 Å². The highest BCUT2D eigenvalue weighted by Gasteiger charge is 2.38. The largest absolute Gasteiger partial charge is 0.490 e. The third kappa shape index (κ3) is 7.13. The topological polar surface area (TPSA) is 167 Å². The Morgan fingerprint density at radius 2 is 1.79 bits per heavy atom. The Kier molecular flexibility index (Phi) is 8.51. The van der Waals surface area contributed by atoms with Crippen LogP contribution < -0.4 is 15.4 Å². The van der Waals surface area contributed by atoms with Gasteiger partial charge in [0.2, 0.25) is 0 Å². The molecule has 1 fully saturated rings. The highest BCUT2D eigenvalue weighted by atomic mass is 32.1. The lowest BCUT2D eigenvalue weighted by molar-refractivity contribution is -0.192. The fourth-order valence-corrected chi connectivity index (χ4v) is 3.57. The Bertz CT molecular complexity index is 1080. The second kappa shape index (κ2) is 10.9. The minimum Gasteiger partial charge on any atom is -0.481 e. The zero-order chi connectivity index (χ0) is 25.6. The van der Waals surface area contributed by atoms with Crippen molar-refractivity contribution in [3.63, 3.8) is 0 Å². The quantitative estimate of drug-likeness (QED) is 0.157. The van der Waals surface area contributed by atoms with Gasteiger partial charge in [-0.3, -0.25) is 10.2 Å². The maximum absolute atomic E-state index is 14.0. The molecule has 0 saturated carbocycles. The number of ether oxygens (including phenoxy) is 1.